The first-order valence-corrected chi connectivity index (χ1v) is 9.19. The van der Waals surface area contributed by atoms with Crippen molar-refractivity contribution >= 4 is 17.6 Å². The van der Waals surface area contributed by atoms with Crippen LogP contribution in [0.25, 0.3) is 0 Å². The van der Waals surface area contributed by atoms with Gasteiger partial charge in [-0.05, 0) is 38.3 Å². The van der Waals surface area contributed by atoms with Gasteiger partial charge in [-0.3, -0.25) is 0 Å². The molecule has 0 saturated carbocycles. The van der Waals surface area contributed by atoms with Gasteiger partial charge in [0.2, 0.25) is 11.9 Å². The molecule has 0 bridgehead atoms. The molecule has 0 amide bonds. The van der Waals surface area contributed by atoms with E-state index in [1.165, 1.54) is 24.2 Å². The predicted octanol–water partition coefficient (Wildman–Crippen LogP) is 0.926. The Morgan fingerprint density at radius 3 is 2.85 bits per heavy atom. The van der Waals surface area contributed by atoms with Crippen molar-refractivity contribution in [3.8, 4) is 11.5 Å². The minimum Gasteiger partial charge on any atom is -0.486 e. The summed E-state index contributed by atoms with van der Waals surface area (Å²) in [5, 5.41) is 3.20. The molecule has 0 aliphatic carbocycles. The highest BCUT2D eigenvalue weighted by Crippen LogP contribution is 2.33. The van der Waals surface area contributed by atoms with Crippen molar-refractivity contribution in [2.24, 2.45) is 0 Å². The van der Waals surface area contributed by atoms with E-state index in [0.29, 0.717) is 25.2 Å². The summed E-state index contributed by atoms with van der Waals surface area (Å²) in [6, 6.07) is 6.29. The SMILES string of the molecule is C[C@H]1CCCC[NH+]1Cc1nc(N)nc(Nc2ccc3c(c2)OCCO3)n1. The highest BCUT2D eigenvalue weighted by atomic mass is 16.6. The van der Waals surface area contributed by atoms with E-state index in [-0.39, 0.29) is 5.95 Å². The number of ether oxygens (including phenoxy) is 2. The average Bonchev–Trinajstić information content (AvgIpc) is 2.63. The van der Waals surface area contributed by atoms with Crippen LogP contribution in [0.5, 0.6) is 11.5 Å². The first-order valence-electron chi connectivity index (χ1n) is 9.19. The monoisotopic (exact) mass is 357 g/mol. The topological polar surface area (TPSA) is 99.6 Å². The van der Waals surface area contributed by atoms with Crippen molar-refractivity contribution < 1.29 is 14.4 Å². The van der Waals surface area contributed by atoms with E-state index in [4.69, 9.17) is 15.2 Å². The lowest BCUT2D eigenvalue weighted by atomic mass is 10.0. The Labute approximate surface area is 152 Å². The summed E-state index contributed by atoms with van der Waals surface area (Å²) in [4.78, 5) is 14.6. The highest BCUT2D eigenvalue weighted by molar-refractivity contribution is 5.60. The van der Waals surface area contributed by atoms with Crippen molar-refractivity contribution in [2.45, 2.75) is 38.8 Å². The largest absolute Gasteiger partial charge is 0.486 e. The van der Waals surface area contributed by atoms with E-state index in [1.54, 1.807) is 0 Å². The Hall–Kier alpha value is -2.61. The average molecular weight is 357 g/mol. The van der Waals surface area contributed by atoms with Gasteiger partial charge in [-0.25, -0.2) is 0 Å². The smallest absolute Gasteiger partial charge is 0.232 e. The summed E-state index contributed by atoms with van der Waals surface area (Å²) < 4.78 is 11.2. The molecule has 2 aromatic rings. The van der Waals surface area contributed by atoms with Crippen LogP contribution < -0.4 is 25.4 Å². The van der Waals surface area contributed by atoms with Crippen molar-refractivity contribution in [3.05, 3.63) is 24.0 Å². The molecule has 1 unspecified atom stereocenters. The second kappa shape index (κ2) is 7.33. The summed E-state index contributed by atoms with van der Waals surface area (Å²) in [7, 11) is 0. The van der Waals surface area contributed by atoms with Crippen LogP contribution in [0.3, 0.4) is 0 Å². The molecule has 26 heavy (non-hydrogen) atoms. The number of aromatic nitrogens is 3. The van der Waals surface area contributed by atoms with E-state index >= 15 is 0 Å². The van der Waals surface area contributed by atoms with Crippen LogP contribution >= 0.6 is 0 Å². The highest BCUT2D eigenvalue weighted by Gasteiger charge is 2.23. The molecule has 1 aromatic carbocycles. The molecule has 0 radical (unpaired) electrons. The lowest BCUT2D eigenvalue weighted by Crippen LogP contribution is -3.15. The number of nitrogens with zero attached hydrogens (tertiary/aromatic N) is 3. The lowest BCUT2D eigenvalue weighted by molar-refractivity contribution is -0.942. The number of benzene rings is 1. The second-order valence-electron chi connectivity index (χ2n) is 6.90. The van der Waals surface area contributed by atoms with Gasteiger partial charge < -0.3 is 25.4 Å². The van der Waals surface area contributed by atoms with Crippen molar-refractivity contribution in [3.63, 3.8) is 0 Å². The quantitative estimate of drug-likeness (QED) is 0.748. The van der Waals surface area contributed by atoms with Gasteiger partial charge in [0.05, 0.1) is 12.6 Å². The Kier molecular flexibility index (Phi) is 4.75. The number of fused-ring (bicyclic) bond motifs is 1. The molecule has 8 heteroatoms. The number of nitrogens with one attached hydrogen (secondary N) is 2. The molecular weight excluding hydrogens is 332 g/mol. The molecule has 2 atom stereocenters. The summed E-state index contributed by atoms with van der Waals surface area (Å²) in [6.07, 6.45) is 3.81. The molecule has 4 N–H and O–H groups in total. The van der Waals surface area contributed by atoms with Gasteiger partial charge in [-0.15, -0.1) is 0 Å². The Balaban J connectivity index is 1.51. The first-order chi connectivity index (χ1) is 12.7. The maximum atomic E-state index is 5.91. The number of nitrogen functional groups attached to an aromatic ring is 1. The Bertz CT molecular complexity index is 784. The third kappa shape index (κ3) is 3.80. The molecule has 2 aliphatic rings. The van der Waals surface area contributed by atoms with Crippen molar-refractivity contribution in [2.75, 3.05) is 30.8 Å². The number of hydrogen-bond donors (Lipinski definition) is 3. The fourth-order valence-electron chi connectivity index (χ4n) is 3.54. The molecule has 1 saturated heterocycles. The molecule has 4 rings (SSSR count). The number of nitrogens with two attached hydrogens (primary N) is 1. The summed E-state index contributed by atoms with van der Waals surface area (Å²) >= 11 is 0. The van der Waals surface area contributed by atoms with Gasteiger partial charge in [0.15, 0.2) is 17.3 Å². The van der Waals surface area contributed by atoms with Gasteiger partial charge in [0, 0.05) is 11.8 Å². The van der Waals surface area contributed by atoms with Crippen LogP contribution in [-0.4, -0.2) is 40.8 Å². The van der Waals surface area contributed by atoms with Gasteiger partial charge in [-0.1, -0.05) is 0 Å². The number of likely N-dealkylation sites (tertiary alicyclic amines) is 1. The molecule has 1 aromatic heterocycles. The zero-order valence-corrected chi connectivity index (χ0v) is 15.0. The molecule has 3 heterocycles. The van der Waals surface area contributed by atoms with Crippen LogP contribution in [-0.2, 0) is 6.54 Å². The normalized spacial score (nSPS) is 22.0. The fourth-order valence-corrected chi connectivity index (χ4v) is 3.54. The van der Waals surface area contributed by atoms with E-state index < -0.39 is 0 Å². The Morgan fingerprint density at radius 2 is 2.00 bits per heavy atom. The number of piperidine rings is 1. The minimum absolute atomic E-state index is 0.235. The maximum Gasteiger partial charge on any atom is 0.232 e. The van der Waals surface area contributed by atoms with Gasteiger partial charge >= 0.3 is 0 Å². The standard InChI is InChI=1S/C18H24N6O2/c1-12-4-2-3-7-24(12)11-16-21-17(19)23-18(22-16)20-13-5-6-14-15(10-13)26-9-8-25-14/h5-6,10,12H,2-4,7-9,11H2,1H3,(H3,19,20,21,22,23)/p+1/t12-/m0/s1. The van der Waals surface area contributed by atoms with Crippen molar-refractivity contribution in [1.29, 1.82) is 0 Å². The van der Waals surface area contributed by atoms with Crippen LogP contribution in [0.15, 0.2) is 18.2 Å². The first kappa shape index (κ1) is 16.8. The van der Waals surface area contributed by atoms with Crippen LogP contribution in [0, 0.1) is 0 Å². The van der Waals surface area contributed by atoms with Crippen LogP contribution in [0.4, 0.5) is 17.6 Å². The van der Waals surface area contributed by atoms with E-state index in [0.717, 1.165) is 36.1 Å². The van der Waals surface area contributed by atoms with Gasteiger partial charge in [0.1, 0.15) is 19.8 Å². The lowest BCUT2D eigenvalue weighted by Gasteiger charge is -2.29. The fraction of sp³-hybridized carbons (Fsp3) is 0.500. The number of hydrogen-bond acceptors (Lipinski definition) is 7. The maximum absolute atomic E-state index is 5.91. The van der Waals surface area contributed by atoms with Gasteiger partial charge in [-0.2, -0.15) is 15.0 Å². The molecule has 1 fully saturated rings. The summed E-state index contributed by atoms with van der Waals surface area (Å²) in [6.45, 7) is 5.33. The predicted molar refractivity (Wildman–Crippen MR) is 97.8 cm³/mol. The third-order valence-corrected chi connectivity index (χ3v) is 4.96. The molecular formula is C18H25N6O2+. The number of anilines is 3. The zero-order valence-electron chi connectivity index (χ0n) is 15.0. The zero-order chi connectivity index (χ0) is 17.9. The number of rotatable bonds is 4. The van der Waals surface area contributed by atoms with E-state index in [2.05, 4.69) is 27.2 Å². The molecule has 0 spiro atoms. The third-order valence-electron chi connectivity index (χ3n) is 4.96. The summed E-state index contributed by atoms with van der Waals surface area (Å²) in [5.41, 5.74) is 6.73. The van der Waals surface area contributed by atoms with E-state index in [9.17, 15) is 0 Å². The molecule has 8 nitrogen and oxygen atoms in total. The van der Waals surface area contributed by atoms with Crippen molar-refractivity contribution in [1.82, 2.24) is 15.0 Å². The van der Waals surface area contributed by atoms with Gasteiger partial charge in [0.25, 0.3) is 0 Å². The van der Waals surface area contributed by atoms with E-state index in [1.807, 2.05) is 18.2 Å². The second-order valence-corrected chi connectivity index (χ2v) is 6.90. The molecule has 138 valence electrons. The summed E-state index contributed by atoms with van der Waals surface area (Å²) in [5.74, 6) is 2.88. The van der Waals surface area contributed by atoms with Crippen LogP contribution in [0.1, 0.15) is 32.0 Å². The number of quaternary nitrogens is 1. The minimum atomic E-state index is 0.235. The van der Waals surface area contributed by atoms with Crippen LogP contribution in [0.2, 0.25) is 0 Å². The molecule has 2 aliphatic heterocycles. The Morgan fingerprint density at radius 1 is 1.15 bits per heavy atom.